The molecule has 1 aromatic carbocycles. The monoisotopic (exact) mass is 320 g/mol. The Morgan fingerprint density at radius 1 is 1.06 bits per heavy atom. The Kier molecular flexibility index (Phi) is 6.39. The van der Waals surface area contributed by atoms with Crippen molar-refractivity contribution in [3.63, 3.8) is 0 Å². The SMILES string of the molecule is CCOc1cc2ncnc([Se])c2cc1OCC.[Na]. The van der Waals surface area contributed by atoms with Gasteiger partial charge in [-0.15, -0.1) is 0 Å². The Balaban J connectivity index is 0.00000162. The summed E-state index contributed by atoms with van der Waals surface area (Å²) in [6.45, 7) is 5.09. The molecule has 0 atom stereocenters. The van der Waals surface area contributed by atoms with Crippen LogP contribution in [0.1, 0.15) is 13.8 Å². The van der Waals surface area contributed by atoms with E-state index in [1.807, 2.05) is 26.0 Å². The number of hydrogen-bond donors (Lipinski definition) is 0. The normalized spacial score (nSPS) is 9.89. The Labute approximate surface area is 137 Å². The van der Waals surface area contributed by atoms with Gasteiger partial charge in [0.2, 0.25) is 0 Å². The summed E-state index contributed by atoms with van der Waals surface area (Å²) in [4.78, 5) is 8.34. The molecule has 0 aliphatic rings. The maximum Gasteiger partial charge on any atom is 0 e. The van der Waals surface area contributed by atoms with Crippen molar-refractivity contribution < 1.29 is 9.47 Å². The molecule has 2 rings (SSSR count). The molecule has 4 nitrogen and oxygen atoms in total. The van der Waals surface area contributed by atoms with Crippen LogP contribution in [-0.2, 0) is 0 Å². The minimum atomic E-state index is 0. The van der Waals surface area contributed by atoms with Crippen molar-refractivity contribution in [2.45, 2.75) is 13.8 Å². The van der Waals surface area contributed by atoms with Crippen LogP contribution < -0.4 is 14.1 Å². The molecule has 1 heterocycles. The Morgan fingerprint density at radius 2 is 1.67 bits per heavy atom. The number of rotatable bonds is 4. The van der Waals surface area contributed by atoms with E-state index in [9.17, 15) is 0 Å². The molecule has 0 saturated carbocycles. The maximum absolute atomic E-state index is 5.56. The van der Waals surface area contributed by atoms with Crippen LogP contribution in [0, 0.1) is 0 Å². The second-order valence-electron chi connectivity index (χ2n) is 3.36. The van der Waals surface area contributed by atoms with E-state index in [0.717, 1.165) is 27.0 Å². The first-order chi connectivity index (χ1) is 8.26. The molecule has 2 aromatic rings. The number of ether oxygens (including phenoxy) is 2. The molecule has 0 fully saturated rings. The van der Waals surface area contributed by atoms with Crippen LogP contribution in [0.15, 0.2) is 18.5 Å². The van der Waals surface area contributed by atoms with Crippen LogP contribution in [0.25, 0.3) is 10.9 Å². The smallest absolute Gasteiger partial charge is 0 e. The molecule has 0 aliphatic heterocycles. The van der Waals surface area contributed by atoms with Gasteiger partial charge in [-0.3, -0.25) is 0 Å². The van der Waals surface area contributed by atoms with Crippen LogP contribution in [0.5, 0.6) is 11.5 Å². The molecule has 0 unspecified atom stereocenters. The average molecular weight is 319 g/mol. The summed E-state index contributed by atoms with van der Waals surface area (Å²) in [6, 6.07) is 3.79. The zero-order valence-corrected chi connectivity index (χ0v) is 14.5. The molecule has 90 valence electrons. The minimum Gasteiger partial charge on any atom is 0 e. The van der Waals surface area contributed by atoms with Crippen molar-refractivity contribution in [2.75, 3.05) is 13.2 Å². The fourth-order valence-electron chi connectivity index (χ4n) is 1.58. The number of nitrogens with zero attached hydrogens (tertiary/aromatic N) is 2. The predicted octanol–water partition coefficient (Wildman–Crippen LogP) is 0.840. The molecule has 1 aromatic heterocycles. The second-order valence-corrected chi connectivity index (χ2v) is 4.17. The van der Waals surface area contributed by atoms with Crippen molar-refractivity contribution in [3.8, 4) is 11.5 Å². The van der Waals surface area contributed by atoms with Gasteiger partial charge in [0.25, 0.3) is 0 Å². The third kappa shape index (κ3) is 3.37. The number of benzene rings is 1. The van der Waals surface area contributed by atoms with Gasteiger partial charge in [-0.1, -0.05) is 0 Å². The van der Waals surface area contributed by atoms with E-state index >= 15 is 0 Å². The second kappa shape index (κ2) is 7.31. The van der Waals surface area contributed by atoms with Crippen molar-refractivity contribution in [1.29, 1.82) is 0 Å². The number of hydrogen-bond acceptors (Lipinski definition) is 4. The van der Waals surface area contributed by atoms with Crippen molar-refractivity contribution in [1.82, 2.24) is 9.97 Å². The zero-order valence-electron chi connectivity index (χ0n) is 10.8. The van der Waals surface area contributed by atoms with Gasteiger partial charge in [-0.2, -0.15) is 0 Å². The van der Waals surface area contributed by atoms with Gasteiger partial charge in [0.1, 0.15) is 0 Å². The van der Waals surface area contributed by atoms with Gasteiger partial charge in [-0.25, -0.2) is 0 Å². The van der Waals surface area contributed by atoms with Crippen LogP contribution in [0.4, 0.5) is 0 Å². The molecule has 0 bridgehead atoms. The molecule has 6 heteroatoms. The van der Waals surface area contributed by atoms with E-state index < -0.39 is 0 Å². The zero-order chi connectivity index (χ0) is 12.3. The largest absolute Gasteiger partial charge is 0 e. The maximum atomic E-state index is 5.56. The fraction of sp³-hybridized carbons (Fsp3) is 0.333. The molecule has 0 aliphatic carbocycles. The standard InChI is InChI=1S/C12H13N2O2Se.Na/c1-3-15-10-5-8-9(6-11(10)16-4-2)13-7-14-12(8)17;/h5-7H,3-4H2,1-2H3;. The molecule has 18 heavy (non-hydrogen) atoms. The third-order valence-electron chi connectivity index (χ3n) is 2.26. The van der Waals surface area contributed by atoms with Crippen LogP contribution >= 0.6 is 0 Å². The van der Waals surface area contributed by atoms with Gasteiger partial charge >= 0.3 is 108 Å². The third-order valence-corrected chi connectivity index (χ3v) is 2.95. The van der Waals surface area contributed by atoms with Crippen molar-refractivity contribution >= 4 is 61.1 Å². The Hall–Kier alpha value is -0.321. The van der Waals surface area contributed by atoms with Crippen molar-refractivity contribution in [2.24, 2.45) is 0 Å². The van der Waals surface area contributed by atoms with E-state index in [-0.39, 0.29) is 29.6 Å². The molecule has 0 N–H and O–H groups in total. The first-order valence-corrected chi connectivity index (χ1v) is 6.33. The van der Waals surface area contributed by atoms with Gasteiger partial charge in [0, 0.05) is 29.6 Å². The van der Waals surface area contributed by atoms with Crippen LogP contribution in [-0.4, -0.2) is 68.8 Å². The van der Waals surface area contributed by atoms with E-state index in [1.165, 1.54) is 6.33 Å². The summed E-state index contributed by atoms with van der Waals surface area (Å²) in [7, 11) is 0. The minimum absolute atomic E-state index is 0. The molecule has 0 amide bonds. The summed E-state index contributed by atoms with van der Waals surface area (Å²) < 4.78 is 11.9. The first-order valence-electron chi connectivity index (χ1n) is 5.47. The topological polar surface area (TPSA) is 44.2 Å². The molecule has 2 radical (unpaired) electrons. The molecule has 0 saturated heterocycles. The molecule has 0 spiro atoms. The summed E-state index contributed by atoms with van der Waals surface area (Å²) in [5, 5.41) is 0.944. The Bertz CT molecular complexity index is 537. The summed E-state index contributed by atoms with van der Waals surface area (Å²) in [5.41, 5.74) is 0.848. The Morgan fingerprint density at radius 3 is 2.28 bits per heavy atom. The van der Waals surface area contributed by atoms with E-state index in [1.54, 1.807) is 0 Å². The van der Waals surface area contributed by atoms with Crippen LogP contribution in [0.3, 0.4) is 0 Å². The van der Waals surface area contributed by atoms with Crippen molar-refractivity contribution in [3.05, 3.63) is 18.5 Å². The van der Waals surface area contributed by atoms with Gasteiger partial charge < -0.3 is 0 Å². The van der Waals surface area contributed by atoms with Gasteiger partial charge in [0.15, 0.2) is 0 Å². The average Bonchev–Trinajstić information content (AvgIpc) is 2.32. The molecular weight excluding hydrogens is 306 g/mol. The van der Waals surface area contributed by atoms with E-state index in [2.05, 4.69) is 26.0 Å². The van der Waals surface area contributed by atoms with Crippen LogP contribution in [0.2, 0.25) is 0 Å². The molecular formula is C12H13N2NaO2Se. The summed E-state index contributed by atoms with van der Waals surface area (Å²) in [5.74, 6) is 1.45. The summed E-state index contributed by atoms with van der Waals surface area (Å²) >= 11 is 2.92. The predicted molar refractivity (Wildman–Crippen MR) is 73.0 cm³/mol. The number of fused-ring (bicyclic) bond motifs is 1. The quantitative estimate of drug-likeness (QED) is 0.784. The van der Waals surface area contributed by atoms with E-state index in [4.69, 9.17) is 9.47 Å². The van der Waals surface area contributed by atoms with Gasteiger partial charge in [-0.05, 0) is 0 Å². The fourth-order valence-corrected chi connectivity index (χ4v) is 2.02. The van der Waals surface area contributed by atoms with E-state index in [0.29, 0.717) is 13.2 Å². The summed E-state index contributed by atoms with van der Waals surface area (Å²) in [6.07, 6.45) is 1.53. The van der Waals surface area contributed by atoms with Gasteiger partial charge in [0.05, 0.1) is 0 Å². The first kappa shape index (κ1) is 15.7. The number of aromatic nitrogens is 2.